The van der Waals surface area contributed by atoms with Gasteiger partial charge in [0.05, 0.1) is 24.6 Å². The Morgan fingerprint density at radius 1 is 1.02 bits per heavy atom. The van der Waals surface area contributed by atoms with Crippen LogP contribution in [0.15, 0.2) is 24.3 Å². The van der Waals surface area contributed by atoms with Crippen LogP contribution in [-0.4, -0.2) is 139 Å². The van der Waals surface area contributed by atoms with Gasteiger partial charge >= 0.3 is 0 Å². The monoisotopic (exact) mass is 783 g/mol. The Morgan fingerprint density at radius 3 is 2.17 bits per heavy atom. The average Bonchev–Trinajstić information content (AvgIpc) is 3.57. The van der Waals surface area contributed by atoms with Crippen LogP contribution in [0.3, 0.4) is 0 Å². The maximum absolute atomic E-state index is 14.2. The van der Waals surface area contributed by atoms with E-state index in [1.165, 1.54) is 0 Å². The quantitative estimate of drug-likeness (QED) is 0.186. The van der Waals surface area contributed by atoms with Gasteiger partial charge in [0.2, 0.25) is 23.6 Å². The number of thioether (sulfide) groups is 1. The fraction of sp³-hybridized carbons (Fsp3) is 0.750. The third-order valence-electron chi connectivity index (χ3n) is 10.9. The van der Waals surface area contributed by atoms with Crippen molar-refractivity contribution in [1.29, 1.82) is 0 Å². The number of hydrogen-bond donors (Lipinski definition) is 2. The van der Waals surface area contributed by atoms with E-state index in [4.69, 9.17) is 4.74 Å². The molecule has 0 radical (unpaired) electrons. The van der Waals surface area contributed by atoms with Crippen LogP contribution in [0, 0.1) is 23.7 Å². The normalized spacial score (nSPS) is 18.5. The van der Waals surface area contributed by atoms with Crippen molar-refractivity contribution in [2.75, 3.05) is 54.6 Å². The highest BCUT2D eigenvalue weighted by molar-refractivity contribution is 7.99. The second-order valence-electron chi connectivity index (χ2n) is 15.7. The lowest BCUT2D eigenvalue weighted by Crippen LogP contribution is -2.59. The molecule has 4 amide bonds. The number of methoxy groups -OCH3 is 1. The molecule has 0 aromatic heterocycles. The zero-order valence-electron chi connectivity index (χ0n) is 34.6. The Bertz CT molecular complexity index is 1310. The standard InChI is InChI=1S/C40H69N5O6S.ClH/c1-14-27(6)36(44(11)40(50)34(25(2)3)41-38(48)35(26(4)5)42(8)9)32(51-12)24-33(47)45-21-16-19-31(45)37(52-13)28(7)39(49)43(10)22-20-29-17-15-18-30(46)23-29;/h15,17-18,23,25-28,31-32,34-37,46H,14,16,19-22,24H2,1-13H3,(H,41,48);1H/t27-,28+,31-,32+,34-,35-,36-,37+;/m0./s1. The van der Waals surface area contributed by atoms with E-state index in [9.17, 15) is 24.3 Å². The van der Waals surface area contributed by atoms with Crippen molar-refractivity contribution in [2.45, 2.75) is 116 Å². The Hall–Kier alpha value is -2.54. The zero-order valence-corrected chi connectivity index (χ0v) is 36.3. The molecule has 1 saturated heterocycles. The van der Waals surface area contributed by atoms with E-state index >= 15 is 0 Å². The summed E-state index contributed by atoms with van der Waals surface area (Å²) < 4.78 is 6.05. The molecule has 1 heterocycles. The highest BCUT2D eigenvalue weighted by atomic mass is 35.5. The number of likely N-dealkylation sites (tertiary alicyclic amines) is 1. The van der Waals surface area contributed by atoms with Crippen molar-refractivity contribution in [2.24, 2.45) is 23.7 Å². The molecule has 2 N–H and O–H groups in total. The van der Waals surface area contributed by atoms with E-state index in [1.807, 2.05) is 77.9 Å². The molecule has 0 spiro atoms. The number of phenols is 1. The van der Waals surface area contributed by atoms with Gasteiger partial charge in [-0.25, -0.2) is 0 Å². The molecule has 11 nitrogen and oxygen atoms in total. The Kier molecular flexibility index (Phi) is 20.8. The number of carbonyl (C=O) groups is 4. The molecule has 304 valence electrons. The summed E-state index contributed by atoms with van der Waals surface area (Å²) in [5.41, 5.74) is 0.964. The summed E-state index contributed by atoms with van der Waals surface area (Å²) in [5, 5.41) is 12.8. The van der Waals surface area contributed by atoms with Gasteiger partial charge < -0.3 is 29.9 Å². The molecule has 0 aliphatic carbocycles. The number of amides is 4. The Balaban J connectivity index is 0.0000140. The average molecular weight is 785 g/mol. The number of nitrogens with one attached hydrogen (secondary N) is 1. The summed E-state index contributed by atoms with van der Waals surface area (Å²) >= 11 is 1.63. The van der Waals surface area contributed by atoms with Gasteiger partial charge in [0.25, 0.3) is 0 Å². The molecule has 8 atom stereocenters. The molecule has 53 heavy (non-hydrogen) atoms. The lowest BCUT2D eigenvalue weighted by atomic mass is 9.89. The first-order valence-electron chi connectivity index (χ1n) is 19.0. The van der Waals surface area contributed by atoms with Crippen molar-refractivity contribution >= 4 is 47.8 Å². The molecule has 2 rings (SSSR count). The van der Waals surface area contributed by atoms with Crippen LogP contribution in [0.4, 0.5) is 0 Å². The van der Waals surface area contributed by atoms with Gasteiger partial charge in [-0.05, 0) is 75.1 Å². The van der Waals surface area contributed by atoms with Crippen molar-refractivity contribution in [3.05, 3.63) is 29.8 Å². The van der Waals surface area contributed by atoms with Crippen molar-refractivity contribution < 1.29 is 29.0 Å². The summed E-state index contributed by atoms with van der Waals surface area (Å²) in [5.74, 6) is -0.582. The fourth-order valence-electron chi connectivity index (χ4n) is 7.87. The van der Waals surface area contributed by atoms with E-state index in [0.29, 0.717) is 19.5 Å². The molecule has 13 heteroatoms. The summed E-state index contributed by atoms with van der Waals surface area (Å²) in [4.78, 5) is 62.8. The van der Waals surface area contributed by atoms with Gasteiger partial charge in [-0.2, -0.15) is 11.8 Å². The molecular weight excluding hydrogens is 714 g/mol. The van der Waals surface area contributed by atoms with E-state index in [1.54, 1.807) is 53.9 Å². The molecular formula is C40H70ClN5O6S. The number of ether oxygens (including phenoxy) is 1. The number of nitrogens with zero attached hydrogens (tertiary/aromatic N) is 4. The molecule has 0 unspecified atom stereocenters. The largest absolute Gasteiger partial charge is 0.508 e. The van der Waals surface area contributed by atoms with Crippen LogP contribution in [0.2, 0.25) is 0 Å². The number of carbonyl (C=O) groups excluding carboxylic acids is 4. The summed E-state index contributed by atoms with van der Waals surface area (Å²) in [7, 11) is 8.90. The van der Waals surface area contributed by atoms with Gasteiger partial charge in [0.15, 0.2) is 0 Å². The first-order chi connectivity index (χ1) is 24.4. The first-order valence-corrected chi connectivity index (χ1v) is 20.3. The topological polar surface area (TPSA) is 123 Å². The van der Waals surface area contributed by atoms with E-state index in [-0.39, 0.29) is 89.2 Å². The lowest BCUT2D eigenvalue weighted by molar-refractivity contribution is -0.146. The Labute approximate surface area is 330 Å². The maximum Gasteiger partial charge on any atom is 0.245 e. The third kappa shape index (κ3) is 13.0. The fourth-order valence-corrected chi connectivity index (χ4v) is 8.99. The first kappa shape index (κ1) is 48.5. The van der Waals surface area contributed by atoms with Crippen LogP contribution in [0.25, 0.3) is 0 Å². The smallest absolute Gasteiger partial charge is 0.245 e. The highest BCUT2D eigenvalue weighted by Crippen LogP contribution is 2.34. The minimum atomic E-state index is -0.735. The minimum absolute atomic E-state index is 0. The van der Waals surface area contributed by atoms with Crippen LogP contribution < -0.4 is 5.32 Å². The molecule has 0 bridgehead atoms. The van der Waals surface area contributed by atoms with Crippen LogP contribution in [0.1, 0.15) is 79.7 Å². The van der Waals surface area contributed by atoms with Crippen LogP contribution >= 0.6 is 24.2 Å². The van der Waals surface area contributed by atoms with Gasteiger partial charge in [-0.3, -0.25) is 24.1 Å². The highest BCUT2D eigenvalue weighted by Gasteiger charge is 2.43. The van der Waals surface area contributed by atoms with E-state index < -0.39 is 18.2 Å². The van der Waals surface area contributed by atoms with Crippen LogP contribution in [-0.2, 0) is 30.3 Å². The van der Waals surface area contributed by atoms with Gasteiger partial charge in [-0.1, -0.05) is 67.0 Å². The number of benzene rings is 1. The molecule has 0 saturated carbocycles. The van der Waals surface area contributed by atoms with Crippen molar-refractivity contribution in [1.82, 2.24) is 24.9 Å². The predicted octanol–water partition coefficient (Wildman–Crippen LogP) is 5.18. The number of halogens is 1. The number of aromatic hydroxyl groups is 1. The summed E-state index contributed by atoms with van der Waals surface area (Å²) in [6.45, 7) is 15.1. The molecule has 1 aliphatic heterocycles. The van der Waals surface area contributed by atoms with E-state index in [0.717, 1.165) is 24.8 Å². The third-order valence-corrected chi connectivity index (χ3v) is 12.2. The molecule has 1 fully saturated rings. The Morgan fingerprint density at radius 2 is 1.66 bits per heavy atom. The molecule has 1 aliphatic rings. The predicted molar refractivity (Wildman–Crippen MR) is 218 cm³/mol. The number of hydrogen-bond acceptors (Lipinski definition) is 8. The van der Waals surface area contributed by atoms with Crippen LogP contribution in [0.5, 0.6) is 5.75 Å². The SMILES string of the molecule is CC[C@H](C)[C@@H]([C@@H](CC(=O)N1CCC[C@H]1[C@H](SC)[C@@H](C)C(=O)N(C)CCc1cccc(O)c1)OC)N(C)C(=O)[C@@H](NC(=O)[C@H](C(C)C)N(C)C)C(C)C.Cl. The van der Waals surface area contributed by atoms with Gasteiger partial charge in [0, 0.05) is 51.5 Å². The van der Waals surface area contributed by atoms with Crippen molar-refractivity contribution in [3.8, 4) is 5.75 Å². The summed E-state index contributed by atoms with van der Waals surface area (Å²) in [6, 6.07) is 5.47. The second-order valence-corrected chi connectivity index (χ2v) is 16.7. The molecule has 1 aromatic carbocycles. The number of rotatable bonds is 20. The van der Waals surface area contributed by atoms with Crippen molar-refractivity contribution in [3.63, 3.8) is 0 Å². The van der Waals surface area contributed by atoms with Gasteiger partial charge in [0.1, 0.15) is 11.8 Å². The minimum Gasteiger partial charge on any atom is -0.508 e. The zero-order chi connectivity index (χ0) is 39.4. The number of likely N-dealkylation sites (N-methyl/N-ethyl adjacent to an activating group) is 3. The summed E-state index contributed by atoms with van der Waals surface area (Å²) in [6.07, 6.45) is 4.60. The lowest BCUT2D eigenvalue weighted by Gasteiger charge is -2.41. The van der Waals surface area contributed by atoms with Gasteiger partial charge in [-0.15, -0.1) is 12.4 Å². The second kappa shape index (κ2) is 22.7. The maximum atomic E-state index is 14.2. The molecule has 1 aromatic rings. The number of phenolic OH excluding ortho intramolecular Hbond substituents is 1. The van der Waals surface area contributed by atoms with E-state index in [2.05, 4.69) is 19.2 Å².